The Morgan fingerprint density at radius 3 is 2.67 bits per heavy atom. The van der Waals surface area contributed by atoms with Crippen molar-refractivity contribution in [3.63, 3.8) is 0 Å². The van der Waals surface area contributed by atoms with Gasteiger partial charge in [-0.25, -0.2) is 4.79 Å². The Bertz CT molecular complexity index is 342. The summed E-state index contributed by atoms with van der Waals surface area (Å²) in [6, 6.07) is -0.133. The Kier molecular flexibility index (Phi) is 5.88. The van der Waals surface area contributed by atoms with Crippen LogP contribution in [0, 0.1) is 5.92 Å². The predicted octanol–water partition coefficient (Wildman–Crippen LogP) is 1.84. The lowest BCUT2D eigenvalue weighted by Crippen LogP contribution is -2.53. The molecule has 0 aromatic heterocycles. The number of aliphatic hydroxyl groups is 1. The third-order valence-corrected chi connectivity index (χ3v) is 5.27. The highest BCUT2D eigenvalue weighted by Crippen LogP contribution is 2.36. The lowest BCUT2D eigenvalue weighted by molar-refractivity contribution is -0.0300. The summed E-state index contributed by atoms with van der Waals surface area (Å²) >= 11 is 0. The van der Waals surface area contributed by atoms with Crippen molar-refractivity contribution in [1.29, 1.82) is 0 Å². The van der Waals surface area contributed by atoms with Crippen molar-refractivity contribution in [2.24, 2.45) is 11.7 Å². The Morgan fingerprint density at radius 1 is 1.33 bits per heavy atom. The molecule has 5 nitrogen and oxygen atoms in total. The van der Waals surface area contributed by atoms with Gasteiger partial charge >= 0.3 is 6.03 Å². The fourth-order valence-corrected chi connectivity index (χ4v) is 4.23. The van der Waals surface area contributed by atoms with Crippen molar-refractivity contribution >= 4 is 6.03 Å². The van der Waals surface area contributed by atoms with Crippen LogP contribution in [-0.2, 0) is 0 Å². The number of primary amides is 1. The molecule has 1 saturated carbocycles. The quantitative estimate of drug-likeness (QED) is 0.724. The maximum atomic E-state index is 11.7. The summed E-state index contributed by atoms with van der Waals surface area (Å²) in [5.74, 6) is 0.283. The van der Waals surface area contributed by atoms with Crippen LogP contribution in [0.15, 0.2) is 0 Å². The number of likely N-dealkylation sites (tertiary alicyclic amines) is 1. The van der Waals surface area contributed by atoms with Gasteiger partial charge in [0.05, 0.1) is 5.60 Å². The highest BCUT2D eigenvalue weighted by Gasteiger charge is 2.38. The molecule has 1 aliphatic heterocycles. The lowest BCUT2D eigenvalue weighted by atomic mass is 9.75. The maximum absolute atomic E-state index is 11.7. The molecule has 2 unspecified atom stereocenters. The first-order valence-electron chi connectivity index (χ1n) is 8.49. The van der Waals surface area contributed by atoms with E-state index in [-0.39, 0.29) is 18.0 Å². The van der Waals surface area contributed by atoms with E-state index < -0.39 is 5.60 Å². The van der Waals surface area contributed by atoms with Gasteiger partial charge in [0.25, 0.3) is 0 Å². The number of hydrogen-bond donors (Lipinski definition) is 3. The first-order valence-corrected chi connectivity index (χ1v) is 8.49. The van der Waals surface area contributed by atoms with E-state index in [9.17, 15) is 9.90 Å². The molecule has 122 valence electrons. The number of nitrogens with one attached hydrogen (secondary N) is 1. The molecule has 5 heteroatoms. The zero-order valence-corrected chi connectivity index (χ0v) is 13.3. The molecule has 2 amide bonds. The summed E-state index contributed by atoms with van der Waals surface area (Å²) in [5.41, 5.74) is 5.02. The second-order valence-electron chi connectivity index (χ2n) is 6.90. The SMILES string of the molecule is CNCC(CC1(O)CCCCC1)C1CCCCN1C(N)=O. The van der Waals surface area contributed by atoms with E-state index in [0.29, 0.717) is 0 Å². The average Bonchev–Trinajstić information content (AvgIpc) is 2.47. The summed E-state index contributed by atoms with van der Waals surface area (Å²) in [6.07, 6.45) is 9.24. The van der Waals surface area contributed by atoms with E-state index in [0.717, 1.165) is 64.5 Å². The third-order valence-electron chi connectivity index (χ3n) is 5.27. The van der Waals surface area contributed by atoms with E-state index in [1.54, 1.807) is 0 Å². The van der Waals surface area contributed by atoms with Crippen LogP contribution in [0.25, 0.3) is 0 Å². The summed E-state index contributed by atoms with van der Waals surface area (Å²) in [5, 5.41) is 14.1. The van der Waals surface area contributed by atoms with Gasteiger partial charge in [0.2, 0.25) is 0 Å². The molecular weight excluding hydrogens is 266 g/mol. The molecule has 2 atom stereocenters. The summed E-state index contributed by atoms with van der Waals surface area (Å²) in [6.45, 7) is 1.59. The zero-order chi connectivity index (χ0) is 15.3. The second kappa shape index (κ2) is 7.45. The van der Waals surface area contributed by atoms with E-state index in [1.807, 2.05) is 11.9 Å². The van der Waals surface area contributed by atoms with Gasteiger partial charge in [0.1, 0.15) is 0 Å². The van der Waals surface area contributed by atoms with Gasteiger partial charge in [0.15, 0.2) is 0 Å². The normalized spacial score (nSPS) is 27.3. The minimum atomic E-state index is -0.541. The number of nitrogens with zero attached hydrogens (tertiary/aromatic N) is 1. The molecule has 0 spiro atoms. The molecule has 21 heavy (non-hydrogen) atoms. The van der Waals surface area contributed by atoms with Crippen LogP contribution in [0.4, 0.5) is 4.79 Å². The standard InChI is InChI=1S/C16H31N3O2/c1-18-12-13(11-16(21)8-4-2-5-9-16)14-7-3-6-10-19(14)15(17)20/h13-14,18,21H,2-12H2,1H3,(H2,17,20). The minimum Gasteiger partial charge on any atom is -0.390 e. The molecule has 1 aliphatic carbocycles. The number of hydrogen-bond acceptors (Lipinski definition) is 3. The van der Waals surface area contributed by atoms with Crippen LogP contribution >= 0.6 is 0 Å². The number of urea groups is 1. The predicted molar refractivity (Wildman–Crippen MR) is 84.0 cm³/mol. The number of nitrogens with two attached hydrogens (primary N) is 1. The molecule has 0 aromatic carbocycles. The maximum Gasteiger partial charge on any atom is 0.315 e. The van der Waals surface area contributed by atoms with Gasteiger partial charge in [-0.3, -0.25) is 0 Å². The Morgan fingerprint density at radius 2 is 2.05 bits per heavy atom. The monoisotopic (exact) mass is 297 g/mol. The molecule has 2 rings (SSSR count). The molecular formula is C16H31N3O2. The van der Waals surface area contributed by atoms with Gasteiger partial charge in [-0.2, -0.15) is 0 Å². The van der Waals surface area contributed by atoms with E-state index in [1.165, 1.54) is 6.42 Å². The number of carbonyl (C=O) groups excluding carboxylic acids is 1. The van der Waals surface area contributed by atoms with Gasteiger partial charge in [0, 0.05) is 12.6 Å². The van der Waals surface area contributed by atoms with Gasteiger partial charge in [-0.05, 0) is 58.0 Å². The van der Waals surface area contributed by atoms with Crippen molar-refractivity contribution in [2.45, 2.75) is 69.4 Å². The highest BCUT2D eigenvalue weighted by atomic mass is 16.3. The topological polar surface area (TPSA) is 78.6 Å². The fourth-order valence-electron chi connectivity index (χ4n) is 4.23. The zero-order valence-electron chi connectivity index (χ0n) is 13.3. The van der Waals surface area contributed by atoms with E-state index >= 15 is 0 Å². The van der Waals surface area contributed by atoms with Crippen molar-refractivity contribution in [2.75, 3.05) is 20.1 Å². The van der Waals surface area contributed by atoms with Crippen LogP contribution in [0.2, 0.25) is 0 Å². The number of piperidine rings is 1. The molecule has 2 fully saturated rings. The summed E-state index contributed by atoms with van der Waals surface area (Å²) in [7, 11) is 1.94. The van der Waals surface area contributed by atoms with Crippen molar-refractivity contribution in [1.82, 2.24) is 10.2 Å². The second-order valence-corrected chi connectivity index (χ2v) is 6.90. The molecule has 0 aromatic rings. The van der Waals surface area contributed by atoms with Crippen molar-refractivity contribution in [3.05, 3.63) is 0 Å². The first kappa shape index (κ1) is 16.6. The van der Waals surface area contributed by atoms with Crippen molar-refractivity contribution < 1.29 is 9.90 Å². The van der Waals surface area contributed by atoms with Gasteiger partial charge in [-0.15, -0.1) is 0 Å². The van der Waals surface area contributed by atoms with Crippen LogP contribution in [0.3, 0.4) is 0 Å². The molecule has 2 aliphatic rings. The summed E-state index contributed by atoms with van der Waals surface area (Å²) < 4.78 is 0. The lowest BCUT2D eigenvalue weighted by Gasteiger charge is -2.43. The first-order chi connectivity index (χ1) is 10.1. The summed E-state index contributed by atoms with van der Waals surface area (Å²) in [4.78, 5) is 13.5. The number of carbonyl (C=O) groups is 1. The van der Waals surface area contributed by atoms with Crippen molar-refractivity contribution in [3.8, 4) is 0 Å². The highest BCUT2D eigenvalue weighted by molar-refractivity contribution is 5.72. The fraction of sp³-hybridized carbons (Fsp3) is 0.938. The van der Waals surface area contributed by atoms with E-state index in [2.05, 4.69) is 5.32 Å². The smallest absolute Gasteiger partial charge is 0.315 e. The number of amides is 2. The molecule has 4 N–H and O–H groups in total. The minimum absolute atomic E-state index is 0.176. The van der Waals surface area contributed by atoms with Crippen LogP contribution in [-0.4, -0.2) is 47.8 Å². The van der Waals surface area contributed by atoms with Gasteiger partial charge in [-0.1, -0.05) is 19.3 Å². The van der Waals surface area contributed by atoms with E-state index in [4.69, 9.17) is 5.73 Å². The van der Waals surface area contributed by atoms with Gasteiger partial charge < -0.3 is 21.1 Å². The molecule has 1 saturated heterocycles. The molecule has 0 radical (unpaired) electrons. The molecule has 0 bridgehead atoms. The largest absolute Gasteiger partial charge is 0.390 e. The number of rotatable bonds is 5. The van der Waals surface area contributed by atoms with Crippen LogP contribution in [0.5, 0.6) is 0 Å². The Labute approximate surface area is 128 Å². The van der Waals surface area contributed by atoms with Crippen LogP contribution < -0.4 is 11.1 Å². The average molecular weight is 297 g/mol. The Balaban J connectivity index is 2.07. The molecule has 1 heterocycles. The van der Waals surface area contributed by atoms with Crippen LogP contribution in [0.1, 0.15) is 57.8 Å². The Hall–Kier alpha value is -0.810. The third kappa shape index (κ3) is 4.33.